The van der Waals surface area contributed by atoms with E-state index < -0.39 is 5.92 Å². The van der Waals surface area contributed by atoms with Gasteiger partial charge in [-0.3, -0.25) is 9.59 Å². The first kappa shape index (κ1) is 28.3. The first-order valence-corrected chi connectivity index (χ1v) is 14.5. The number of nitrogens with zero attached hydrogens (tertiary/aromatic N) is 2. The van der Waals surface area contributed by atoms with Crippen LogP contribution >= 0.6 is 23.2 Å². The molecular weight excluding hydrogens is 545 g/mol. The molecule has 1 saturated carbocycles. The summed E-state index contributed by atoms with van der Waals surface area (Å²) in [5.41, 5.74) is 2.87. The van der Waals surface area contributed by atoms with Gasteiger partial charge < -0.3 is 14.5 Å². The number of hydrogen-bond acceptors (Lipinski definition) is 3. The fourth-order valence-electron chi connectivity index (χ4n) is 6.14. The number of halogens is 4. The van der Waals surface area contributed by atoms with Gasteiger partial charge in [0.25, 0.3) is 11.8 Å². The molecule has 2 amide bonds. The first-order valence-electron chi connectivity index (χ1n) is 13.7. The van der Waals surface area contributed by atoms with E-state index in [0.717, 1.165) is 55.3 Å². The van der Waals surface area contributed by atoms with Crippen molar-refractivity contribution in [2.45, 2.75) is 69.4 Å². The normalized spacial score (nSPS) is 25.3. The van der Waals surface area contributed by atoms with Gasteiger partial charge in [-0.15, -0.1) is 0 Å². The van der Waals surface area contributed by atoms with Gasteiger partial charge in [-0.25, -0.2) is 8.78 Å². The third-order valence-electron chi connectivity index (χ3n) is 8.61. The summed E-state index contributed by atoms with van der Waals surface area (Å²) in [4.78, 5) is 29.5. The molecule has 0 N–H and O–H groups in total. The van der Waals surface area contributed by atoms with Crippen LogP contribution in [0, 0.1) is 5.92 Å². The monoisotopic (exact) mass is 578 g/mol. The molecule has 9 heteroatoms. The Morgan fingerprint density at radius 2 is 1.56 bits per heavy atom. The van der Waals surface area contributed by atoms with Gasteiger partial charge in [0, 0.05) is 67.2 Å². The molecule has 5 rings (SSSR count). The molecule has 0 spiro atoms. The average Bonchev–Trinajstić information content (AvgIpc) is 3.30. The molecule has 0 aromatic heterocycles. The van der Waals surface area contributed by atoms with E-state index >= 15 is 0 Å². The quantitative estimate of drug-likeness (QED) is 0.375. The minimum Gasteiger partial charge on any atom is -0.381 e. The molecule has 1 aliphatic carbocycles. The molecule has 0 radical (unpaired) electrons. The van der Waals surface area contributed by atoms with Crippen LogP contribution in [0.25, 0.3) is 11.1 Å². The van der Waals surface area contributed by atoms with Crippen molar-refractivity contribution >= 4 is 35.0 Å². The third kappa shape index (κ3) is 6.26. The van der Waals surface area contributed by atoms with Gasteiger partial charge in [0.05, 0.1) is 6.10 Å². The maximum Gasteiger partial charge on any atom is 0.253 e. The zero-order chi connectivity index (χ0) is 27.7. The van der Waals surface area contributed by atoms with Gasteiger partial charge in [0.15, 0.2) is 0 Å². The van der Waals surface area contributed by atoms with E-state index in [1.165, 1.54) is 4.90 Å². The number of amides is 2. The molecule has 39 heavy (non-hydrogen) atoms. The summed E-state index contributed by atoms with van der Waals surface area (Å²) >= 11 is 13.4. The van der Waals surface area contributed by atoms with Crippen molar-refractivity contribution in [3.63, 3.8) is 0 Å². The molecule has 3 aliphatic rings. The summed E-state index contributed by atoms with van der Waals surface area (Å²) in [6.07, 6.45) is 4.91. The maximum absolute atomic E-state index is 13.4. The number of carbonyl (C=O) groups is 2. The van der Waals surface area contributed by atoms with E-state index in [0.29, 0.717) is 28.1 Å². The highest BCUT2D eigenvalue weighted by atomic mass is 35.5. The number of benzene rings is 2. The molecule has 2 saturated heterocycles. The molecule has 2 heterocycles. The molecule has 3 fully saturated rings. The summed E-state index contributed by atoms with van der Waals surface area (Å²) in [7, 11) is 1.75. The van der Waals surface area contributed by atoms with Crippen molar-refractivity contribution in [3.8, 4) is 11.1 Å². The lowest BCUT2D eigenvalue weighted by molar-refractivity contribution is -0.134. The smallest absolute Gasteiger partial charge is 0.253 e. The minimum absolute atomic E-state index is 0.0520. The lowest BCUT2D eigenvalue weighted by Gasteiger charge is -2.34. The number of carbonyl (C=O) groups excluding carboxylic acids is 2. The van der Waals surface area contributed by atoms with E-state index in [9.17, 15) is 18.4 Å². The number of rotatable bonds is 6. The summed E-state index contributed by atoms with van der Waals surface area (Å²) < 4.78 is 32.4. The Labute approximate surface area is 238 Å². The fraction of sp³-hybridized carbons (Fsp3) is 0.533. The summed E-state index contributed by atoms with van der Waals surface area (Å²) in [6.45, 7) is 0.872. The van der Waals surface area contributed by atoms with Crippen molar-refractivity contribution in [1.82, 2.24) is 9.80 Å². The molecule has 0 unspecified atom stereocenters. The van der Waals surface area contributed by atoms with Crippen LogP contribution < -0.4 is 0 Å². The highest BCUT2D eigenvalue weighted by molar-refractivity contribution is 6.36. The standard InChI is InChI=1S/C30H34Cl2F2N2O3/c1-39-24-8-6-23(7-9-24)36-13-10-21(29(36)38)16-25-26(31)17-22(18-27(25)32)19-2-4-20(5-3-19)28(37)35-14-11-30(33,34)12-15-35/h2-5,17-18,21,23-24H,6-16H2,1H3/t21-,23-,24-/m0/s1. The van der Waals surface area contributed by atoms with Crippen LogP contribution in [0.5, 0.6) is 0 Å². The summed E-state index contributed by atoms with van der Waals surface area (Å²) in [5, 5.41) is 1.03. The topological polar surface area (TPSA) is 49.9 Å². The van der Waals surface area contributed by atoms with Gasteiger partial charge in [-0.2, -0.15) is 0 Å². The number of hydrogen-bond donors (Lipinski definition) is 0. The van der Waals surface area contributed by atoms with Crippen LogP contribution in [0.15, 0.2) is 36.4 Å². The minimum atomic E-state index is -2.70. The van der Waals surface area contributed by atoms with Crippen molar-refractivity contribution in [2.75, 3.05) is 26.7 Å². The van der Waals surface area contributed by atoms with Crippen molar-refractivity contribution in [3.05, 3.63) is 57.6 Å². The van der Waals surface area contributed by atoms with Crippen LogP contribution in [-0.2, 0) is 16.0 Å². The molecule has 2 aliphatic heterocycles. The fourth-order valence-corrected chi connectivity index (χ4v) is 6.78. The number of alkyl halides is 2. The first-order chi connectivity index (χ1) is 18.6. The number of likely N-dealkylation sites (tertiary alicyclic amines) is 2. The number of piperidine rings is 1. The van der Waals surface area contributed by atoms with E-state index in [1.807, 2.05) is 29.2 Å². The highest BCUT2D eigenvalue weighted by Crippen LogP contribution is 2.37. The summed E-state index contributed by atoms with van der Waals surface area (Å²) in [5.74, 6) is -2.89. The lowest BCUT2D eigenvalue weighted by atomic mass is 9.91. The molecule has 210 valence electrons. The second-order valence-electron chi connectivity index (χ2n) is 11.0. The second-order valence-corrected chi connectivity index (χ2v) is 11.8. The van der Waals surface area contributed by atoms with Gasteiger partial charge in [-0.1, -0.05) is 35.3 Å². The van der Waals surface area contributed by atoms with Crippen molar-refractivity contribution < 1.29 is 23.1 Å². The molecule has 2 aromatic rings. The van der Waals surface area contributed by atoms with Crippen LogP contribution in [0.4, 0.5) is 8.78 Å². The largest absolute Gasteiger partial charge is 0.381 e. The van der Waals surface area contributed by atoms with E-state index in [1.54, 1.807) is 19.2 Å². The van der Waals surface area contributed by atoms with Crippen LogP contribution in [0.3, 0.4) is 0 Å². The predicted molar refractivity (Wildman–Crippen MR) is 149 cm³/mol. The Morgan fingerprint density at radius 3 is 2.15 bits per heavy atom. The van der Waals surface area contributed by atoms with Gasteiger partial charge in [0.1, 0.15) is 0 Å². The third-order valence-corrected chi connectivity index (χ3v) is 9.28. The lowest BCUT2D eigenvalue weighted by Crippen LogP contribution is -2.42. The van der Waals surface area contributed by atoms with Gasteiger partial charge in [0.2, 0.25) is 5.91 Å². The highest BCUT2D eigenvalue weighted by Gasteiger charge is 2.38. The number of methoxy groups -OCH3 is 1. The molecule has 1 atom stereocenters. The van der Waals surface area contributed by atoms with Crippen LogP contribution in [0.2, 0.25) is 10.0 Å². The van der Waals surface area contributed by atoms with Crippen molar-refractivity contribution in [1.29, 1.82) is 0 Å². The van der Waals surface area contributed by atoms with Crippen LogP contribution in [0.1, 0.15) is 60.9 Å². The zero-order valence-corrected chi connectivity index (χ0v) is 23.6. The summed E-state index contributed by atoms with van der Waals surface area (Å²) in [6, 6.07) is 11.0. The number of ether oxygens (including phenoxy) is 1. The zero-order valence-electron chi connectivity index (χ0n) is 22.1. The van der Waals surface area contributed by atoms with Crippen molar-refractivity contribution in [2.24, 2.45) is 5.92 Å². The Balaban J connectivity index is 1.23. The van der Waals surface area contributed by atoms with Gasteiger partial charge >= 0.3 is 0 Å². The Hall–Kier alpha value is -2.22. The van der Waals surface area contributed by atoms with Crippen LogP contribution in [-0.4, -0.2) is 66.4 Å². The molecule has 5 nitrogen and oxygen atoms in total. The van der Waals surface area contributed by atoms with E-state index in [-0.39, 0.29) is 49.7 Å². The Kier molecular flexibility index (Phi) is 8.51. The Morgan fingerprint density at radius 1 is 0.949 bits per heavy atom. The van der Waals surface area contributed by atoms with E-state index in [4.69, 9.17) is 27.9 Å². The SMILES string of the molecule is CO[C@H]1CC[C@H](N2CC[C@@H](Cc3c(Cl)cc(-c4ccc(C(=O)N5CCC(F)(F)CC5)cc4)cc3Cl)C2=O)CC1. The predicted octanol–water partition coefficient (Wildman–Crippen LogP) is 6.88. The van der Waals surface area contributed by atoms with E-state index in [2.05, 4.69) is 0 Å². The van der Waals surface area contributed by atoms with Gasteiger partial charge in [-0.05, 0) is 79.5 Å². The average molecular weight is 580 g/mol. The second kappa shape index (κ2) is 11.7. The molecular formula is C30H34Cl2F2N2O3. The maximum atomic E-state index is 13.4. The Bertz CT molecular complexity index is 1180. The molecule has 2 aromatic carbocycles. The molecule has 0 bridgehead atoms.